The Morgan fingerprint density at radius 2 is 2.14 bits per heavy atom. The van der Waals surface area contributed by atoms with Crippen molar-refractivity contribution in [3.05, 3.63) is 28.2 Å². The molecule has 0 saturated heterocycles. The highest BCUT2D eigenvalue weighted by atomic mass is 35.5. The van der Waals surface area contributed by atoms with Crippen LogP contribution in [0, 0.1) is 5.41 Å². The van der Waals surface area contributed by atoms with Crippen molar-refractivity contribution in [2.75, 3.05) is 19.7 Å². The van der Waals surface area contributed by atoms with Gasteiger partial charge in [-0.25, -0.2) is 0 Å². The zero-order chi connectivity index (χ0) is 15.3. The molecule has 0 amide bonds. The van der Waals surface area contributed by atoms with Crippen LogP contribution in [-0.4, -0.2) is 30.9 Å². The summed E-state index contributed by atoms with van der Waals surface area (Å²) in [6, 6.07) is 5.06. The third-order valence-corrected chi connectivity index (χ3v) is 4.47. The molecule has 1 aliphatic rings. The normalized spacial score (nSPS) is 17.5. The van der Waals surface area contributed by atoms with E-state index in [-0.39, 0.29) is 6.61 Å². The van der Waals surface area contributed by atoms with Crippen LogP contribution in [0.1, 0.15) is 32.6 Å². The van der Waals surface area contributed by atoms with Gasteiger partial charge in [0.05, 0.1) is 5.02 Å². The number of aliphatic hydroxyl groups is 1. The Kier molecular flexibility index (Phi) is 6.18. The van der Waals surface area contributed by atoms with Gasteiger partial charge in [-0.3, -0.25) is 0 Å². The van der Waals surface area contributed by atoms with E-state index in [0.29, 0.717) is 27.8 Å². The molecule has 1 aromatic rings. The summed E-state index contributed by atoms with van der Waals surface area (Å²) in [5, 5.41) is 14.3. The van der Waals surface area contributed by atoms with Gasteiger partial charge in [-0.05, 0) is 42.9 Å². The van der Waals surface area contributed by atoms with Crippen LogP contribution < -0.4 is 10.1 Å². The van der Waals surface area contributed by atoms with Gasteiger partial charge < -0.3 is 15.2 Å². The molecule has 2 rings (SSSR count). The van der Waals surface area contributed by atoms with Gasteiger partial charge in [-0.15, -0.1) is 0 Å². The van der Waals surface area contributed by atoms with Crippen molar-refractivity contribution in [1.29, 1.82) is 0 Å². The van der Waals surface area contributed by atoms with E-state index in [1.165, 1.54) is 25.7 Å². The van der Waals surface area contributed by atoms with Gasteiger partial charge in [0.1, 0.15) is 18.5 Å². The summed E-state index contributed by atoms with van der Waals surface area (Å²) >= 11 is 11.8. The second-order valence-corrected chi connectivity index (χ2v) is 6.76. The highest BCUT2D eigenvalue weighted by Crippen LogP contribution is 2.48. The molecule has 2 N–H and O–H groups in total. The van der Waals surface area contributed by atoms with Gasteiger partial charge in [0.25, 0.3) is 0 Å². The monoisotopic (exact) mass is 331 g/mol. The first-order valence-corrected chi connectivity index (χ1v) is 8.27. The number of hydrogen-bond donors (Lipinski definition) is 2. The lowest BCUT2D eigenvalue weighted by molar-refractivity contribution is 0.105. The summed E-state index contributed by atoms with van der Waals surface area (Å²) in [7, 11) is 0. The summed E-state index contributed by atoms with van der Waals surface area (Å²) in [6.45, 7) is 3.96. The van der Waals surface area contributed by atoms with Gasteiger partial charge in [-0.1, -0.05) is 36.5 Å². The van der Waals surface area contributed by atoms with Crippen LogP contribution in [0.15, 0.2) is 18.2 Å². The lowest BCUT2D eigenvalue weighted by Gasteiger charge is -2.18. The summed E-state index contributed by atoms with van der Waals surface area (Å²) in [5.74, 6) is 0.546. The second kappa shape index (κ2) is 7.68. The molecule has 1 unspecified atom stereocenters. The van der Waals surface area contributed by atoms with Crippen LogP contribution in [0.2, 0.25) is 10.0 Å². The van der Waals surface area contributed by atoms with Gasteiger partial charge in [0, 0.05) is 18.1 Å². The fraction of sp³-hybridized carbons (Fsp3) is 0.625. The molecule has 0 bridgehead atoms. The summed E-state index contributed by atoms with van der Waals surface area (Å²) in [5.41, 5.74) is 0.495. The average molecular weight is 332 g/mol. The first-order chi connectivity index (χ1) is 10.0. The summed E-state index contributed by atoms with van der Waals surface area (Å²) in [4.78, 5) is 0. The van der Waals surface area contributed by atoms with Crippen molar-refractivity contribution in [3.8, 4) is 5.75 Å². The van der Waals surface area contributed by atoms with Crippen LogP contribution in [0.25, 0.3) is 0 Å². The lowest BCUT2D eigenvalue weighted by Crippen LogP contribution is -2.34. The number of hydrogen-bond acceptors (Lipinski definition) is 3. The Labute approximate surface area is 136 Å². The fourth-order valence-corrected chi connectivity index (χ4v) is 3.03. The van der Waals surface area contributed by atoms with Crippen LogP contribution >= 0.6 is 23.2 Å². The van der Waals surface area contributed by atoms with Crippen molar-refractivity contribution in [3.63, 3.8) is 0 Å². The van der Waals surface area contributed by atoms with Gasteiger partial charge >= 0.3 is 0 Å². The number of halogens is 2. The largest absolute Gasteiger partial charge is 0.489 e. The minimum Gasteiger partial charge on any atom is -0.489 e. The molecular weight excluding hydrogens is 309 g/mol. The Balaban J connectivity index is 1.66. The fourth-order valence-electron chi connectivity index (χ4n) is 2.56. The molecule has 5 heteroatoms. The van der Waals surface area contributed by atoms with Crippen LogP contribution in [0.4, 0.5) is 0 Å². The summed E-state index contributed by atoms with van der Waals surface area (Å²) in [6.07, 6.45) is 4.56. The van der Waals surface area contributed by atoms with Crippen molar-refractivity contribution in [1.82, 2.24) is 5.32 Å². The van der Waals surface area contributed by atoms with Gasteiger partial charge in [-0.2, -0.15) is 0 Å². The minimum absolute atomic E-state index is 0.217. The second-order valence-electron chi connectivity index (χ2n) is 5.92. The van der Waals surface area contributed by atoms with E-state index in [9.17, 15) is 5.11 Å². The third-order valence-electron chi connectivity index (χ3n) is 3.94. The number of nitrogens with one attached hydrogen (secondary N) is 1. The maximum Gasteiger partial charge on any atom is 0.138 e. The van der Waals surface area contributed by atoms with Crippen LogP contribution in [0.3, 0.4) is 0 Å². The Morgan fingerprint density at radius 1 is 1.38 bits per heavy atom. The summed E-state index contributed by atoms with van der Waals surface area (Å²) < 4.78 is 5.52. The Bertz CT molecular complexity index is 464. The highest BCUT2D eigenvalue weighted by molar-refractivity contribution is 6.35. The molecule has 0 spiro atoms. The molecule has 1 aliphatic carbocycles. The number of aliphatic hydroxyl groups excluding tert-OH is 1. The molecule has 0 aromatic heterocycles. The maximum atomic E-state index is 9.95. The SMILES string of the molecule is CCCC1(CNCC(O)COc2ccc(Cl)cc2Cl)CC1. The molecule has 1 fully saturated rings. The molecule has 0 heterocycles. The van der Waals surface area contributed by atoms with E-state index in [0.717, 1.165) is 6.54 Å². The quantitative estimate of drug-likeness (QED) is 0.721. The highest BCUT2D eigenvalue weighted by Gasteiger charge is 2.40. The zero-order valence-corrected chi connectivity index (χ0v) is 13.9. The Morgan fingerprint density at radius 3 is 2.76 bits per heavy atom. The smallest absolute Gasteiger partial charge is 0.138 e. The average Bonchev–Trinajstić information content (AvgIpc) is 3.18. The number of ether oxygens (including phenoxy) is 1. The molecule has 3 nitrogen and oxygen atoms in total. The Hall–Kier alpha value is -0.480. The van der Waals surface area contributed by atoms with Crippen molar-refractivity contribution < 1.29 is 9.84 Å². The minimum atomic E-state index is -0.547. The van der Waals surface area contributed by atoms with Crippen LogP contribution in [-0.2, 0) is 0 Å². The maximum absolute atomic E-state index is 9.95. The third kappa shape index (κ3) is 5.33. The van der Waals surface area contributed by atoms with Crippen molar-refractivity contribution >= 4 is 23.2 Å². The van der Waals surface area contributed by atoms with Gasteiger partial charge in [0.2, 0.25) is 0 Å². The van der Waals surface area contributed by atoms with E-state index in [2.05, 4.69) is 12.2 Å². The molecule has 21 heavy (non-hydrogen) atoms. The standard InChI is InChI=1S/C16H23Cl2NO2/c1-2-5-16(6-7-16)11-19-9-13(20)10-21-15-4-3-12(17)8-14(15)18/h3-4,8,13,19-20H,2,5-7,9-11H2,1H3. The molecular formula is C16H23Cl2NO2. The first kappa shape index (κ1) is 16.9. The molecule has 1 atom stereocenters. The molecule has 1 aromatic carbocycles. The van der Waals surface area contributed by atoms with Crippen LogP contribution in [0.5, 0.6) is 5.75 Å². The van der Waals surface area contributed by atoms with E-state index >= 15 is 0 Å². The van der Waals surface area contributed by atoms with Gasteiger partial charge in [0.15, 0.2) is 0 Å². The molecule has 0 aliphatic heterocycles. The van der Waals surface area contributed by atoms with E-state index in [1.807, 2.05) is 0 Å². The predicted molar refractivity (Wildman–Crippen MR) is 87.4 cm³/mol. The van der Waals surface area contributed by atoms with E-state index < -0.39 is 6.10 Å². The predicted octanol–water partition coefficient (Wildman–Crippen LogP) is 3.90. The first-order valence-electron chi connectivity index (χ1n) is 7.51. The zero-order valence-electron chi connectivity index (χ0n) is 12.4. The van der Waals surface area contributed by atoms with E-state index in [1.54, 1.807) is 18.2 Å². The van der Waals surface area contributed by atoms with E-state index in [4.69, 9.17) is 27.9 Å². The van der Waals surface area contributed by atoms with Crippen molar-refractivity contribution in [2.45, 2.75) is 38.7 Å². The topological polar surface area (TPSA) is 41.5 Å². The molecule has 118 valence electrons. The lowest BCUT2D eigenvalue weighted by atomic mass is 10.0. The molecule has 1 saturated carbocycles. The number of rotatable bonds is 9. The molecule has 0 radical (unpaired) electrons. The van der Waals surface area contributed by atoms with Crippen molar-refractivity contribution in [2.24, 2.45) is 5.41 Å². The number of benzene rings is 1.